The third-order valence-corrected chi connectivity index (χ3v) is 2.74. The van der Waals surface area contributed by atoms with Crippen LogP contribution in [-0.2, 0) is 4.79 Å². The number of anilines is 1. The summed E-state index contributed by atoms with van der Waals surface area (Å²) in [6.45, 7) is 0. The topological polar surface area (TPSA) is 52.9 Å². The molecule has 0 aromatic heterocycles. The molecular formula is C16H9F3N2O. The SMILES string of the molecule is N#C/C(=C\c1ccc(F)c(F)c1)C(=O)Nc1ccccc1F. The third-order valence-electron chi connectivity index (χ3n) is 2.74. The maximum Gasteiger partial charge on any atom is 0.266 e. The second kappa shape index (κ2) is 6.59. The molecule has 1 amide bonds. The predicted octanol–water partition coefficient (Wildman–Crippen LogP) is 3.65. The first-order valence-electron chi connectivity index (χ1n) is 6.14. The molecule has 0 spiro atoms. The summed E-state index contributed by atoms with van der Waals surface area (Å²) in [5, 5.41) is 11.2. The fourth-order valence-corrected chi connectivity index (χ4v) is 1.67. The van der Waals surface area contributed by atoms with E-state index >= 15 is 0 Å². The van der Waals surface area contributed by atoms with Crippen molar-refractivity contribution in [3.63, 3.8) is 0 Å². The first-order valence-corrected chi connectivity index (χ1v) is 6.14. The molecule has 3 nitrogen and oxygen atoms in total. The largest absolute Gasteiger partial charge is 0.319 e. The van der Waals surface area contributed by atoms with E-state index in [9.17, 15) is 18.0 Å². The van der Waals surface area contributed by atoms with E-state index in [0.717, 1.165) is 24.3 Å². The van der Waals surface area contributed by atoms with Gasteiger partial charge in [-0.2, -0.15) is 5.26 Å². The van der Waals surface area contributed by atoms with Crippen molar-refractivity contribution in [2.24, 2.45) is 0 Å². The minimum atomic E-state index is -1.10. The molecule has 2 aromatic rings. The van der Waals surface area contributed by atoms with Crippen LogP contribution in [0.2, 0.25) is 0 Å². The lowest BCUT2D eigenvalue weighted by molar-refractivity contribution is -0.112. The van der Waals surface area contributed by atoms with E-state index in [1.54, 1.807) is 6.07 Å². The average molecular weight is 302 g/mol. The summed E-state index contributed by atoms with van der Waals surface area (Å²) in [7, 11) is 0. The molecule has 0 aliphatic heterocycles. The van der Waals surface area contributed by atoms with Crippen LogP contribution in [0.1, 0.15) is 5.56 Å². The Balaban J connectivity index is 2.26. The van der Waals surface area contributed by atoms with Crippen LogP contribution in [0.5, 0.6) is 0 Å². The van der Waals surface area contributed by atoms with Gasteiger partial charge in [0.1, 0.15) is 17.5 Å². The number of para-hydroxylation sites is 1. The molecule has 2 rings (SSSR count). The molecule has 22 heavy (non-hydrogen) atoms. The van der Waals surface area contributed by atoms with Gasteiger partial charge in [0.15, 0.2) is 11.6 Å². The van der Waals surface area contributed by atoms with Gasteiger partial charge in [-0.25, -0.2) is 13.2 Å². The molecule has 6 heteroatoms. The lowest BCUT2D eigenvalue weighted by Gasteiger charge is -2.05. The van der Waals surface area contributed by atoms with Crippen LogP contribution < -0.4 is 5.32 Å². The monoisotopic (exact) mass is 302 g/mol. The number of benzene rings is 2. The van der Waals surface area contributed by atoms with E-state index in [1.165, 1.54) is 24.3 Å². The van der Waals surface area contributed by atoms with Crippen molar-refractivity contribution in [3.8, 4) is 6.07 Å². The number of rotatable bonds is 3. The molecule has 0 aliphatic carbocycles. The van der Waals surface area contributed by atoms with Gasteiger partial charge in [-0.05, 0) is 35.9 Å². The Hall–Kier alpha value is -3.07. The van der Waals surface area contributed by atoms with Gasteiger partial charge in [0.05, 0.1) is 5.69 Å². The highest BCUT2D eigenvalue weighted by molar-refractivity contribution is 6.09. The van der Waals surface area contributed by atoms with Crippen LogP contribution in [0.15, 0.2) is 48.0 Å². The van der Waals surface area contributed by atoms with Gasteiger partial charge in [0, 0.05) is 0 Å². The number of nitriles is 1. The number of carbonyl (C=O) groups excluding carboxylic acids is 1. The van der Waals surface area contributed by atoms with Crippen LogP contribution in [0.25, 0.3) is 6.08 Å². The van der Waals surface area contributed by atoms with Crippen molar-refractivity contribution in [3.05, 3.63) is 71.1 Å². The Labute approximate surface area is 124 Å². The molecule has 0 saturated heterocycles. The van der Waals surface area contributed by atoms with Gasteiger partial charge in [-0.3, -0.25) is 4.79 Å². The van der Waals surface area contributed by atoms with E-state index in [0.29, 0.717) is 0 Å². The van der Waals surface area contributed by atoms with Crippen LogP contribution in [0.3, 0.4) is 0 Å². The molecule has 1 N–H and O–H groups in total. The minimum Gasteiger partial charge on any atom is -0.319 e. The summed E-state index contributed by atoms with van der Waals surface area (Å²) in [4.78, 5) is 11.9. The van der Waals surface area contributed by atoms with Crippen molar-refractivity contribution < 1.29 is 18.0 Å². The fourth-order valence-electron chi connectivity index (χ4n) is 1.67. The highest BCUT2D eigenvalue weighted by Crippen LogP contribution is 2.16. The van der Waals surface area contributed by atoms with Gasteiger partial charge >= 0.3 is 0 Å². The first kappa shape index (κ1) is 15.3. The predicted molar refractivity (Wildman–Crippen MR) is 75.0 cm³/mol. The normalized spacial score (nSPS) is 10.9. The molecule has 110 valence electrons. The van der Waals surface area contributed by atoms with Crippen molar-refractivity contribution >= 4 is 17.7 Å². The van der Waals surface area contributed by atoms with Gasteiger partial charge in [-0.15, -0.1) is 0 Å². The summed E-state index contributed by atoms with van der Waals surface area (Å²) < 4.78 is 39.4. The van der Waals surface area contributed by atoms with E-state index in [-0.39, 0.29) is 16.8 Å². The molecule has 0 heterocycles. The standard InChI is InChI=1S/C16H9F3N2O/c17-12-6-5-10(8-14(12)19)7-11(9-20)16(22)21-15-4-2-1-3-13(15)18/h1-8H,(H,21,22)/b11-7+. The molecule has 0 saturated carbocycles. The molecule has 0 aliphatic rings. The maximum atomic E-state index is 13.4. The third kappa shape index (κ3) is 3.52. The van der Waals surface area contributed by atoms with E-state index in [1.807, 2.05) is 0 Å². The maximum absolute atomic E-state index is 13.4. The molecule has 0 fully saturated rings. The number of nitrogens with one attached hydrogen (secondary N) is 1. The molecule has 0 radical (unpaired) electrons. The summed E-state index contributed by atoms with van der Waals surface area (Å²) in [5.74, 6) is -3.63. The quantitative estimate of drug-likeness (QED) is 0.695. The number of hydrogen-bond donors (Lipinski definition) is 1. The van der Waals surface area contributed by atoms with Crippen molar-refractivity contribution in [1.29, 1.82) is 5.26 Å². The molecule has 0 bridgehead atoms. The van der Waals surface area contributed by atoms with Gasteiger partial charge in [-0.1, -0.05) is 18.2 Å². The average Bonchev–Trinajstić information content (AvgIpc) is 2.50. The second-order valence-electron chi connectivity index (χ2n) is 4.28. The number of hydrogen-bond acceptors (Lipinski definition) is 2. The lowest BCUT2D eigenvalue weighted by atomic mass is 10.1. The summed E-state index contributed by atoms with van der Waals surface area (Å²) in [6.07, 6.45) is 1.08. The molecule has 0 atom stereocenters. The Morgan fingerprint density at radius 1 is 1.05 bits per heavy atom. The van der Waals surface area contributed by atoms with Crippen LogP contribution >= 0.6 is 0 Å². The Morgan fingerprint density at radius 3 is 2.41 bits per heavy atom. The van der Waals surface area contributed by atoms with Gasteiger partial charge < -0.3 is 5.32 Å². The zero-order chi connectivity index (χ0) is 16.1. The molecule has 2 aromatic carbocycles. The Bertz CT molecular complexity index is 794. The molecule has 0 unspecified atom stereocenters. The van der Waals surface area contributed by atoms with Crippen LogP contribution in [0, 0.1) is 28.8 Å². The van der Waals surface area contributed by atoms with E-state index in [4.69, 9.17) is 5.26 Å². The lowest BCUT2D eigenvalue weighted by Crippen LogP contribution is -2.14. The number of nitrogens with zero attached hydrogens (tertiary/aromatic N) is 1. The van der Waals surface area contributed by atoms with E-state index in [2.05, 4.69) is 5.32 Å². The van der Waals surface area contributed by atoms with E-state index < -0.39 is 23.4 Å². The summed E-state index contributed by atoms with van der Waals surface area (Å²) >= 11 is 0. The summed E-state index contributed by atoms with van der Waals surface area (Å²) in [6, 6.07) is 10.0. The summed E-state index contributed by atoms with van der Waals surface area (Å²) in [5.41, 5.74) is -0.313. The van der Waals surface area contributed by atoms with Crippen molar-refractivity contribution in [2.75, 3.05) is 5.32 Å². The number of halogens is 3. The Morgan fingerprint density at radius 2 is 1.77 bits per heavy atom. The first-order chi connectivity index (χ1) is 10.5. The number of carbonyl (C=O) groups is 1. The Kier molecular flexibility index (Phi) is 4.59. The van der Waals surface area contributed by atoms with Crippen LogP contribution in [-0.4, -0.2) is 5.91 Å². The van der Waals surface area contributed by atoms with Crippen molar-refractivity contribution in [2.45, 2.75) is 0 Å². The van der Waals surface area contributed by atoms with Gasteiger partial charge in [0.2, 0.25) is 0 Å². The number of amides is 1. The second-order valence-corrected chi connectivity index (χ2v) is 4.28. The van der Waals surface area contributed by atoms with Crippen LogP contribution in [0.4, 0.5) is 18.9 Å². The zero-order valence-corrected chi connectivity index (χ0v) is 11.1. The van der Waals surface area contributed by atoms with Gasteiger partial charge in [0.25, 0.3) is 5.91 Å². The zero-order valence-electron chi connectivity index (χ0n) is 11.1. The fraction of sp³-hybridized carbons (Fsp3) is 0. The smallest absolute Gasteiger partial charge is 0.266 e. The minimum absolute atomic E-state index is 0.0843. The highest BCUT2D eigenvalue weighted by atomic mass is 19.2. The van der Waals surface area contributed by atoms with Crippen molar-refractivity contribution in [1.82, 2.24) is 0 Å². The molecular weight excluding hydrogens is 293 g/mol. The highest BCUT2D eigenvalue weighted by Gasteiger charge is 2.12.